The molecule has 0 saturated carbocycles. The largest absolute Gasteiger partial charge is 0.326 e. The molecule has 2 rings (SSSR count). The average Bonchev–Trinajstić information content (AvgIpc) is 2.58. The van der Waals surface area contributed by atoms with Crippen molar-refractivity contribution in [2.45, 2.75) is 27.3 Å². The summed E-state index contributed by atoms with van der Waals surface area (Å²) < 4.78 is 1.96. The Hall–Kier alpha value is -1.61. The van der Waals surface area contributed by atoms with Crippen molar-refractivity contribution in [1.82, 2.24) is 9.78 Å². The Morgan fingerprint density at radius 1 is 1.19 bits per heavy atom. The SMILES string of the molecule is Cc1cc(C)n(-c2ccc(CN)c(C)c2)n1. The van der Waals surface area contributed by atoms with Gasteiger partial charge in [0, 0.05) is 12.2 Å². The summed E-state index contributed by atoms with van der Waals surface area (Å²) in [4.78, 5) is 0. The zero-order valence-electron chi connectivity index (χ0n) is 9.99. The summed E-state index contributed by atoms with van der Waals surface area (Å²) in [5, 5.41) is 4.46. The summed E-state index contributed by atoms with van der Waals surface area (Å²) in [6, 6.07) is 8.34. The van der Waals surface area contributed by atoms with Gasteiger partial charge in [-0.2, -0.15) is 5.10 Å². The number of aromatic nitrogens is 2. The van der Waals surface area contributed by atoms with Crippen LogP contribution in [0.25, 0.3) is 5.69 Å². The van der Waals surface area contributed by atoms with E-state index in [4.69, 9.17) is 5.73 Å². The molecule has 0 atom stereocenters. The number of hydrogen-bond acceptors (Lipinski definition) is 2. The summed E-state index contributed by atoms with van der Waals surface area (Å²) in [5.41, 5.74) is 11.3. The van der Waals surface area contributed by atoms with E-state index >= 15 is 0 Å². The van der Waals surface area contributed by atoms with Crippen LogP contribution in [0.1, 0.15) is 22.5 Å². The van der Waals surface area contributed by atoms with Crippen LogP contribution >= 0.6 is 0 Å². The number of aryl methyl sites for hydroxylation is 3. The van der Waals surface area contributed by atoms with E-state index in [0.717, 1.165) is 17.1 Å². The maximum atomic E-state index is 5.65. The van der Waals surface area contributed by atoms with Gasteiger partial charge in [-0.05, 0) is 50.1 Å². The van der Waals surface area contributed by atoms with Gasteiger partial charge in [-0.3, -0.25) is 0 Å². The molecule has 3 nitrogen and oxygen atoms in total. The minimum Gasteiger partial charge on any atom is -0.326 e. The molecule has 0 aliphatic heterocycles. The van der Waals surface area contributed by atoms with Crippen molar-refractivity contribution in [2.24, 2.45) is 5.73 Å². The summed E-state index contributed by atoms with van der Waals surface area (Å²) >= 11 is 0. The van der Waals surface area contributed by atoms with Crippen LogP contribution in [0.3, 0.4) is 0 Å². The van der Waals surface area contributed by atoms with Crippen LogP contribution in [-0.2, 0) is 6.54 Å². The predicted molar refractivity (Wildman–Crippen MR) is 65.7 cm³/mol. The molecule has 0 fully saturated rings. The second-order valence-electron chi connectivity index (χ2n) is 4.15. The molecule has 84 valence electrons. The smallest absolute Gasteiger partial charge is 0.0651 e. The molecule has 16 heavy (non-hydrogen) atoms. The molecule has 0 aliphatic rings. The van der Waals surface area contributed by atoms with Gasteiger partial charge in [0.2, 0.25) is 0 Å². The van der Waals surface area contributed by atoms with Gasteiger partial charge in [-0.25, -0.2) is 4.68 Å². The lowest BCUT2D eigenvalue weighted by Gasteiger charge is -2.08. The van der Waals surface area contributed by atoms with Gasteiger partial charge >= 0.3 is 0 Å². The first kappa shape index (κ1) is 10.9. The molecule has 1 aromatic carbocycles. The van der Waals surface area contributed by atoms with Crippen molar-refractivity contribution in [2.75, 3.05) is 0 Å². The first-order chi connectivity index (χ1) is 7.61. The Morgan fingerprint density at radius 2 is 1.94 bits per heavy atom. The number of benzene rings is 1. The summed E-state index contributed by atoms with van der Waals surface area (Å²) in [6.45, 7) is 6.73. The quantitative estimate of drug-likeness (QED) is 0.835. The summed E-state index contributed by atoms with van der Waals surface area (Å²) in [5.74, 6) is 0. The summed E-state index contributed by atoms with van der Waals surface area (Å²) in [6.07, 6.45) is 0. The van der Waals surface area contributed by atoms with Crippen molar-refractivity contribution in [3.05, 3.63) is 46.8 Å². The van der Waals surface area contributed by atoms with Crippen molar-refractivity contribution in [3.8, 4) is 5.69 Å². The molecule has 0 saturated heterocycles. The number of rotatable bonds is 2. The van der Waals surface area contributed by atoms with Gasteiger partial charge in [0.15, 0.2) is 0 Å². The normalized spacial score (nSPS) is 10.8. The van der Waals surface area contributed by atoms with Crippen LogP contribution in [0, 0.1) is 20.8 Å². The highest BCUT2D eigenvalue weighted by Crippen LogP contribution is 2.16. The zero-order chi connectivity index (χ0) is 11.7. The van der Waals surface area contributed by atoms with E-state index in [1.807, 2.05) is 11.6 Å². The van der Waals surface area contributed by atoms with E-state index in [1.165, 1.54) is 11.1 Å². The van der Waals surface area contributed by atoms with E-state index < -0.39 is 0 Å². The fraction of sp³-hybridized carbons (Fsp3) is 0.308. The molecule has 0 amide bonds. The standard InChI is InChI=1S/C13H17N3/c1-9-6-13(5-4-12(9)8-14)16-11(3)7-10(2)15-16/h4-7H,8,14H2,1-3H3. The molecule has 0 bridgehead atoms. The predicted octanol–water partition coefficient (Wildman–Crippen LogP) is 2.26. The zero-order valence-corrected chi connectivity index (χ0v) is 9.99. The molecule has 0 unspecified atom stereocenters. The van der Waals surface area contributed by atoms with E-state index in [2.05, 4.69) is 43.2 Å². The van der Waals surface area contributed by atoms with Gasteiger partial charge in [0.25, 0.3) is 0 Å². The highest BCUT2D eigenvalue weighted by atomic mass is 15.3. The first-order valence-electron chi connectivity index (χ1n) is 5.45. The van der Waals surface area contributed by atoms with Crippen LogP contribution < -0.4 is 5.73 Å². The van der Waals surface area contributed by atoms with E-state index in [1.54, 1.807) is 0 Å². The Morgan fingerprint density at radius 3 is 2.44 bits per heavy atom. The van der Waals surface area contributed by atoms with Crippen molar-refractivity contribution in [1.29, 1.82) is 0 Å². The Labute approximate surface area is 95.9 Å². The third-order valence-electron chi connectivity index (χ3n) is 2.80. The number of nitrogens with two attached hydrogens (primary N) is 1. The van der Waals surface area contributed by atoms with Crippen LogP contribution in [0.2, 0.25) is 0 Å². The van der Waals surface area contributed by atoms with E-state index in [9.17, 15) is 0 Å². The highest BCUT2D eigenvalue weighted by molar-refractivity contribution is 5.40. The molecule has 2 aromatic rings. The van der Waals surface area contributed by atoms with Gasteiger partial charge in [0.1, 0.15) is 0 Å². The molecule has 0 radical (unpaired) electrons. The summed E-state index contributed by atoms with van der Waals surface area (Å²) in [7, 11) is 0. The molecule has 3 heteroatoms. The van der Waals surface area contributed by atoms with E-state index in [-0.39, 0.29) is 0 Å². The molecule has 0 aliphatic carbocycles. The third kappa shape index (κ3) is 1.86. The van der Waals surface area contributed by atoms with Crippen LogP contribution in [0.4, 0.5) is 0 Å². The minimum absolute atomic E-state index is 0.587. The van der Waals surface area contributed by atoms with Crippen LogP contribution in [-0.4, -0.2) is 9.78 Å². The number of nitrogens with zero attached hydrogens (tertiary/aromatic N) is 2. The molecule has 1 heterocycles. The minimum atomic E-state index is 0.587. The van der Waals surface area contributed by atoms with Gasteiger partial charge in [0.05, 0.1) is 11.4 Å². The van der Waals surface area contributed by atoms with Gasteiger partial charge < -0.3 is 5.73 Å². The maximum Gasteiger partial charge on any atom is 0.0651 e. The maximum absolute atomic E-state index is 5.65. The Kier molecular flexibility index (Phi) is 2.79. The first-order valence-corrected chi connectivity index (χ1v) is 5.45. The lowest BCUT2D eigenvalue weighted by Crippen LogP contribution is -2.03. The fourth-order valence-corrected chi connectivity index (χ4v) is 1.93. The third-order valence-corrected chi connectivity index (χ3v) is 2.80. The monoisotopic (exact) mass is 215 g/mol. The Balaban J connectivity index is 2.49. The number of hydrogen-bond donors (Lipinski definition) is 1. The highest BCUT2D eigenvalue weighted by Gasteiger charge is 2.05. The topological polar surface area (TPSA) is 43.8 Å². The second-order valence-corrected chi connectivity index (χ2v) is 4.15. The van der Waals surface area contributed by atoms with Crippen molar-refractivity contribution < 1.29 is 0 Å². The average molecular weight is 215 g/mol. The lowest BCUT2D eigenvalue weighted by atomic mass is 10.1. The molecule has 0 spiro atoms. The van der Waals surface area contributed by atoms with Crippen molar-refractivity contribution >= 4 is 0 Å². The second kappa shape index (κ2) is 4.10. The van der Waals surface area contributed by atoms with Gasteiger partial charge in [-0.15, -0.1) is 0 Å². The molecule has 1 aromatic heterocycles. The van der Waals surface area contributed by atoms with Crippen LogP contribution in [0.15, 0.2) is 24.3 Å². The van der Waals surface area contributed by atoms with Gasteiger partial charge in [-0.1, -0.05) is 6.07 Å². The van der Waals surface area contributed by atoms with Crippen molar-refractivity contribution in [3.63, 3.8) is 0 Å². The fourth-order valence-electron chi connectivity index (χ4n) is 1.93. The Bertz CT molecular complexity index is 512. The lowest BCUT2D eigenvalue weighted by molar-refractivity contribution is 0.831. The molecular weight excluding hydrogens is 198 g/mol. The molecular formula is C13H17N3. The molecule has 2 N–H and O–H groups in total. The van der Waals surface area contributed by atoms with E-state index in [0.29, 0.717) is 6.54 Å². The van der Waals surface area contributed by atoms with Crippen LogP contribution in [0.5, 0.6) is 0 Å².